The fourth-order valence-electron chi connectivity index (χ4n) is 1.61. The molecule has 0 heterocycles. The highest BCUT2D eigenvalue weighted by Crippen LogP contribution is 2.32. The molecule has 0 aliphatic carbocycles. The SMILES string of the molecule is CNc1cccc(NCCC(=O)N(C)C)c1[N+](=O)[O-]. The first-order valence-electron chi connectivity index (χ1n) is 5.86. The molecule has 0 aromatic heterocycles. The maximum absolute atomic E-state index is 11.4. The molecule has 7 heteroatoms. The Morgan fingerprint density at radius 1 is 1.37 bits per heavy atom. The number of anilines is 2. The van der Waals surface area contributed by atoms with E-state index in [0.717, 1.165) is 0 Å². The highest BCUT2D eigenvalue weighted by molar-refractivity contribution is 5.78. The van der Waals surface area contributed by atoms with Crippen LogP contribution in [0.5, 0.6) is 0 Å². The Hall–Kier alpha value is -2.31. The second kappa shape index (κ2) is 6.58. The first-order chi connectivity index (χ1) is 8.97. The number of nitrogens with zero attached hydrogens (tertiary/aromatic N) is 2. The van der Waals surface area contributed by atoms with Crippen molar-refractivity contribution < 1.29 is 9.72 Å². The molecule has 0 aliphatic heterocycles. The Kier molecular flexibility index (Phi) is 5.11. The van der Waals surface area contributed by atoms with Crippen molar-refractivity contribution in [2.75, 3.05) is 38.3 Å². The highest BCUT2D eigenvalue weighted by Gasteiger charge is 2.18. The van der Waals surface area contributed by atoms with Crippen LogP contribution in [-0.4, -0.2) is 43.4 Å². The summed E-state index contributed by atoms with van der Waals surface area (Å²) >= 11 is 0. The number of nitrogens with one attached hydrogen (secondary N) is 2. The van der Waals surface area contributed by atoms with Crippen LogP contribution in [0.2, 0.25) is 0 Å². The molecule has 1 aromatic rings. The molecule has 0 saturated carbocycles. The zero-order valence-electron chi connectivity index (χ0n) is 11.3. The Bertz CT molecular complexity index is 474. The van der Waals surface area contributed by atoms with Gasteiger partial charge in [0.05, 0.1) is 4.92 Å². The smallest absolute Gasteiger partial charge is 0.315 e. The van der Waals surface area contributed by atoms with Crippen molar-refractivity contribution in [3.8, 4) is 0 Å². The standard InChI is InChI=1S/C12H18N4O3/c1-13-9-5-4-6-10(12(9)16(18)19)14-8-7-11(17)15(2)3/h4-6,13-14H,7-8H2,1-3H3. The number of benzene rings is 1. The molecule has 0 fully saturated rings. The number of hydrogen-bond donors (Lipinski definition) is 2. The van der Waals surface area contributed by atoms with Crippen LogP contribution in [0, 0.1) is 10.1 Å². The number of amides is 1. The second-order valence-corrected chi connectivity index (χ2v) is 4.17. The first kappa shape index (κ1) is 14.7. The van der Waals surface area contributed by atoms with Gasteiger partial charge in [0.1, 0.15) is 11.4 Å². The molecule has 19 heavy (non-hydrogen) atoms. The van der Waals surface area contributed by atoms with E-state index >= 15 is 0 Å². The van der Waals surface area contributed by atoms with Crippen LogP contribution in [0.25, 0.3) is 0 Å². The van der Waals surface area contributed by atoms with Gasteiger partial charge in [-0.05, 0) is 12.1 Å². The van der Waals surface area contributed by atoms with Gasteiger partial charge in [0.25, 0.3) is 0 Å². The van der Waals surface area contributed by atoms with Crippen molar-refractivity contribution in [1.29, 1.82) is 0 Å². The quantitative estimate of drug-likeness (QED) is 0.602. The Labute approximate surface area is 111 Å². The van der Waals surface area contributed by atoms with Crippen molar-refractivity contribution in [3.63, 3.8) is 0 Å². The summed E-state index contributed by atoms with van der Waals surface area (Å²) in [5.41, 5.74) is 0.833. The minimum Gasteiger partial charge on any atom is -0.382 e. The molecule has 1 rings (SSSR count). The summed E-state index contributed by atoms with van der Waals surface area (Å²) in [4.78, 5) is 23.5. The van der Waals surface area contributed by atoms with Gasteiger partial charge in [-0.15, -0.1) is 0 Å². The molecule has 0 atom stereocenters. The lowest BCUT2D eigenvalue weighted by Crippen LogP contribution is -2.24. The lowest BCUT2D eigenvalue weighted by Gasteiger charge is -2.12. The second-order valence-electron chi connectivity index (χ2n) is 4.17. The van der Waals surface area contributed by atoms with Crippen molar-refractivity contribution >= 4 is 23.0 Å². The Morgan fingerprint density at radius 3 is 2.53 bits per heavy atom. The summed E-state index contributed by atoms with van der Waals surface area (Å²) in [5, 5.41) is 16.8. The van der Waals surface area contributed by atoms with Crippen molar-refractivity contribution in [2.45, 2.75) is 6.42 Å². The van der Waals surface area contributed by atoms with Crippen molar-refractivity contribution in [1.82, 2.24) is 4.90 Å². The molecular weight excluding hydrogens is 248 g/mol. The summed E-state index contributed by atoms with van der Waals surface area (Å²) in [7, 11) is 4.97. The van der Waals surface area contributed by atoms with Gasteiger partial charge in [-0.1, -0.05) is 6.07 Å². The molecule has 2 N–H and O–H groups in total. The van der Waals surface area contributed by atoms with Crippen LogP contribution in [0.3, 0.4) is 0 Å². The Morgan fingerprint density at radius 2 is 2.00 bits per heavy atom. The average molecular weight is 266 g/mol. The van der Waals surface area contributed by atoms with E-state index in [2.05, 4.69) is 10.6 Å². The van der Waals surface area contributed by atoms with Gasteiger partial charge in [0.15, 0.2) is 0 Å². The van der Waals surface area contributed by atoms with Crippen LogP contribution >= 0.6 is 0 Å². The number of para-hydroxylation sites is 1. The topological polar surface area (TPSA) is 87.5 Å². The van der Waals surface area contributed by atoms with Crippen LogP contribution in [-0.2, 0) is 4.79 Å². The highest BCUT2D eigenvalue weighted by atomic mass is 16.6. The number of rotatable bonds is 6. The predicted octanol–water partition coefficient (Wildman–Crippen LogP) is 1.53. The van der Waals surface area contributed by atoms with Crippen LogP contribution < -0.4 is 10.6 Å². The Balaban J connectivity index is 2.78. The maximum atomic E-state index is 11.4. The zero-order chi connectivity index (χ0) is 14.4. The van der Waals surface area contributed by atoms with E-state index in [1.807, 2.05) is 0 Å². The van der Waals surface area contributed by atoms with Gasteiger partial charge in [0, 0.05) is 34.1 Å². The van der Waals surface area contributed by atoms with E-state index < -0.39 is 4.92 Å². The number of carbonyl (C=O) groups excluding carboxylic acids is 1. The first-order valence-corrected chi connectivity index (χ1v) is 5.86. The minimum absolute atomic E-state index is 0.0118. The van der Waals surface area contributed by atoms with Gasteiger partial charge >= 0.3 is 5.69 Å². The molecule has 0 saturated heterocycles. The number of nitro groups is 1. The van der Waals surface area contributed by atoms with Crippen LogP contribution in [0.4, 0.5) is 17.1 Å². The third kappa shape index (κ3) is 3.84. The van der Waals surface area contributed by atoms with Gasteiger partial charge in [-0.2, -0.15) is 0 Å². The third-order valence-corrected chi connectivity index (χ3v) is 2.64. The van der Waals surface area contributed by atoms with E-state index in [1.54, 1.807) is 39.3 Å². The van der Waals surface area contributed by atoms with E-state index in [9.17, 15) is 14.9 Å². The van der Waals surface area contributed by atoms with E-state index in [-0.39, 0.29) is 18.0 Å². The number of nitro benzene ring substituents is 1. The molecule has 7 nitrogen and oxygen atoms in total. The molecule has 0 bridgehead atoms. The van der Waals surface area contributed by atoms with Gasteiger partial charge in [-0.25, -0.2) is 0 Å². The molecule has 104 valence electrons. The van der Waals surface area contributed by atoms with E-state index in [0.29, 0.717) is 17.9 Å². The molecule has 1 amide bonds. The van der Waals surface area contributed by atoms with Gasteiger partial charge in [0.2, 0.25) is 5.91 Å². The lowest BCUT2D eigenvalue weighted by atomic mass is 10.2. The van der Waals surface area contributed by atoms with Crippen molar-refractivity contribution in [2.24, 2.45) is 0 Å². The summed E-state index contributed by atoms with van der Waals surface area (Å²) in [6.45, 7) is 0.352. The monoisotopic (exact) mass is 266 g/mol. The molecular formula is C12H18N4O3. The molecule has 0 aliphatic rings. The summed E-state index contributed by atoms with van der Waals surface area (Å²) < 4.78 is 0. The largest absolute Gasteiger partial charge is 0.382 e. The zero-order valence-corrected chi connectivity index (χ0v) is 11.3. The predicted molar refractivity (Wildman–Crippen MR) is 74.4 cm³/mol. The molecule has 0 spiro atoms. The minimum atomic E-state index is -0.443. The lowest BCUT2D eigenvalue weighted by molar-refractivity contribution is -0.383. The summed E-state index contributed by atoms with van der Waals surface area (Å²) in [6, 6.07) is 4.97. The van der Waals surface area contributed by atoms with Gasteiger partial charge in [-0.3, -0.25) is 14.9 Å². The molecule has 1 aromatic carbocycles. The number of hydrogen-bond acceptors (Lipinski definition) is 5. The third-order valence-electron chi connectivity index (χ3n) is 2.64. The summed E-state index contributed by atoms with van der Waals surface area (Å²) in [5.74, 6) is -0.0278. The van der Waals surface area contributed by atoms with Crippen molar-refractivity contribution in [3.05, 3.63) is 28.3 Å². The number of carbonyl (C=O) groups is 1. The van der Waals surface area contributed by atoms with E-state index in [4.69, 9.17) is 0 Å². The average Bonchev–Trinajstić information content (AvgIpc) is 2.37. The van der Waals surface area contributed by atoms with Crippen LogP contribution in [0.15, 0.2) is 18.2 Å². The molecule has 0 radical (unpaired) electrons. The fraction of sp³-hybridized carbons (Fsp3) is 0.417. The maximum Gasteiger partial charge on any atom is 0.315 e. The molecule has 0 unspecified atom stereocenters. The van der Waals surface area contributed by atoms with Crippen LogP contribution in [0.1, 0.15) is 6.42 Å². The van der Waals surface area contributed by atoms with Gasteiger partial charge < -0.3 is 15.5 Å². The van der Waals surface area contributed by atoms with E-state index in [1.165, 1.54) is 4.90 Å². The normalized spacial score (nSPS) is 9.84. The fourth-order valence-corrected chi connectivity index (χ4v) is 1.61. The summed E-state index contributed by atoms with van der Waals surface area (Å²) in [6.07, 6.45) is 0.286.